The highest BCUT2D eigenvalue weighted by atomic mass is 16.5. The lowest BCUT2D eigenvalue weighted by molar-refractivity contribution is -0.0120. The van der Waals surface area contributed by atoms with Crippen molar-refractivity contribution in [3.8, 4) is 0 Å². The van der Waals surface area contributed by atoms with E-state index in [1.807, 2.05) is 0 Å². The highest BCUT2D eigenvalue weighted by Gasteiger charge is 2.15. The molecule has 0 saturated carbocycles. The molecule has 1 saturated heterocycles. The van der Waals surface area contributed by atoms with Gasteiger partial charge in [-0.1, -0.05) is 0 Å². The second kappa shape index (κ2) is 6.58. The molecule has 1 fully saturated rings. The molecule has 0 aromatic carbocycles. The van der Waals surface area contributed by atoms with Gasteiger partial charge >= 0.3 is 0 Å². The standard InChI is InChI=1S/C13H28N2O/c1-13(2,3)16-9-8-15(4)11-12-6-5-7-14-10-12/h12,14H,5-11H2,1-4H3. The van der Waals surface area contributed by atoms with Crippen LogP contribution in [0.5, 0.6) is 0 Å². The summed E-state index contributed by atoms with van der Waals surface area (Å²) in [6, 6.07) is 0. The van der Waals surface area contributed by atoms with Crippen LogP contribution in [0.25, 0.3) is 0 Å². The fourth-order valence-corrected chi connectivity index (χ4v) is 2.12. The molecule has 0 bridgehead atoms. The lowest BCUT2D eigenvalue weighted by atomic mass is 9.99. The third-order valence-electron chi connectivity index (χ3n) is 2.98. The Bertz CT molecular complexity index is 183. The van der Waals surface area contributed by atoms with Crippen molar-refractivity contribution in [3.05, 3.63) is 0 Å². The topological polar surface area (TPSA) is 24.5 Å². The first-order chi connectivity index (χ1) is 7.47. The molecule has 0 aliphatic carbocycles. The van der Waals surface area contributed by atoms with E-state index >= 15 is 0 Å². The van der Waals surface area contributed by atoms with Crippen molar-refractivity contribution in [1.82, 2.24) is 10.2 Å². The SMILES string of the molecule is CN(CCOC(C)(C)C)CC1CCCNC1. The Kier molecular flexibility index (Phi) is 5.73. The quantitative estimate of drug-likeness (QED) is 0.775. The molecule has 1 atom stereocenters. The summed E-state index contributed by atoms with van der Waals surface area (Å²) in [6.45, 7) is 11.8. The van der Waals surface area contributed by atoms with Gasteiger partial charge in [-0.15, -0.1) is 0 Å². The van der Waals surface area contributed by atoms with Crippen LogP contribution in [0.4, 0.5) is 0 Å². The molecular weight excluding hydrogens is 200 g/mol. The molecule has 0 spiro atoms. The maximum absolute atomic E-state index is 5.73. The first-order valence-corrected chi connectivity index (χ1v) is 6.50. The Balaban J connectivity index is 2.08. The predicted octanol–water partition coefficient (Wildman–Crippen LogP) is 1.73. The summed E-state index contributed by atoms with van der Waals surface area (Å²) in [5.74, 6) is 0.827. The number of nitrogens with zero attached hydrogens (tertiary/aromatic N) is 1. The van der Waals surface area contributed by atoms with Gasteiger partial charge in [-0.2, -0.15) is 0 Å². The lowest BCUT2D eigenvalue weighted by Crippen LogP contribution is -2.38. The molecule has 1 aliphatic rings. The minimum atomic E-state index is -0.00671. The van der Waals surface area contributed by atoms with Crippen LogP contribution >= 0.6 is 0 Å². The molecule has 0 amide bonds. The minimum Gasteiger partial charge on any atom is -0.375 e. The molecule has 3 heteroatoms. The Morgan fingerprint density at radius 2 is 2.12 bits per heavy atom. The van der Waals surface area contributed by atoms with Crippen LogP contribution in [0.15, 0.2) is 0 Å². The average molecular weight is 228 g/mol. The van der Waals surface area contributed by atoms with Gasteiger partial charge in [0, 0.05) is 13.1 Å². The van der Waals surface area contributed by atoms with Crippen LogP contribution in [0, 0.1) is 5.92 Å². The second-order valence-electron chi connectivity index (χ2n) is 5.94. The molecule has 1 rings (SSSR count). The van der Waals surface area contributed by atoms with Gasteiger partial charge < -0.3 is 15.0 Å². The number of hydrogen-bond donors (Lipinski definition) is 1. The van der Waals surface area contributed by atoms with Crippen molar-refractivity contribution >= 4 is 0 Å². The van der Waals surface area contributed by atoms with E-state index in [0.717, 1.165) is 19.1 Å². The van der Waals surface area contributed by atoms with Gasteiger partial charge in [0.2, 0.25) is 0 Å². The molecule has 1 unspecified atom stereocenters. The van der Waals surface area contributed by atoms with Gasteiger partial charge in [-0.3, -0.25) is 0 Å². The lowest BCUT2D eigenvalue weighted by Gasteiger charge is -2.28. The van der Waals surface area contributed by atoms with Crippen molar-refractivity contribution in [3.63, 3.8) is 0 Å². The maximum atomic E-state index is 5.73. The largest absolute Gasteiger partial charge is 0.375 e. The van der Waals surface area contributed by atoms with Crippen molar-refractivity contribution in [2.45, 2.75) is 39.2 Å². The zero-order chi connectivity index (χ0) is 12.0. The summed E-state index contributed by atoms with van der Waals surface area (Å²) >= 11 is 0. The summed E-state index contributed by atoms with van der Waals surface area (Å²) < 4.78 is 5.73. The highest BCUT2D eigenvalue weighted by Crippen LogP contribution is 2.11. The van der Waals surface area contributed by atoms with Crippen molar-refractivity contribution in [2.24, 2.45) is 5.92 Å². The van der Waals surface area contributed by atoms with Gasteiger partial charge in [-0.25, -0.2) is 0 Å². The van der Waals surface area contributed by atoms with E-state index in [-0.39, 0.29) is 5.60 Å². The Hall–Kier alpha value is -0.120. The fourth-order valence-electron chi connectivity index (χ4n) is 2.12. The van der Waals surface area contributed by atoms with E-state index in [0.29, 0.717) is 0 Å². The summed E-state index contributed by atoms with van der Waals surface area (Å²) in [7, 11) is 2.20. The van der Waals surface area contributed by atoms with E-state index in [1.165, 1.54) is 32.5 Å². The van der Waals surface area contributed by atoms with Gasteiger partial charge in [0.1, 0.15) is 0 Å². The van der Waals surface area contributed by atoms with Crippen molar-refractivity contribution in [1.29, 1.82) is 0 Å². The Morgan fingerprint density at radius 1 is 1.38 bits per heavy atom. The monoisotopic (exact) mass is 228 g/mol. The van der Waals surface area contributed by atoms with E-state index in [4.69, 9.17) is 4.74 Å². The molecule has 96 valence electrons. The molecule has 16 heavy (non-hydrogen) atoms. The number of rotatable bonds is 5. The number of nitrogens with one attached hydrogen (secondary N) is 1. The summed E-state index contributed by atoms with van der Waals surface area (Å²) in [5.41, 5.74) is -0.00671. The van der Waals surface area contributed by atoms with Gasteiger partial charge in [-0.05, 0) is 59.7 Å². The molecule has 0 aromatic rings. The van der Waals surface area contributed by atoms with Gasteiger partial charge in [0.15, 0.2) is 0 Å². The Labute approximate surface area is 101 Å². The van der Waals surface area contributed by atoms with Crippen molar-refractivity contribution < 1.29 is 4.74 Å². The third-order valence-corrected chi connectivity index (χ3v) is 2.98. The van der Waals surface area contributed by atoms with Crippen LogP contribution in [-0.2, 0) is 4.74 Å². The molecule has 3 nitrogen and oxygen atoms in total. The highest BCUT2D eigenvalue weighted by molar-refractivity contribution is 4.71. The van der Waals surface area contributed by atoms with E-state index < -0.39 is 0 Å². The van der Waals surface area contributed by atoms with Crippen LogP contribution in [0.3, 0.4) is 0 Å². The van der Waals surface area contributed by atoms with E-state index in [2.05, 4.69) is 38.0 Å². The van der Waals surface area contributed by atoms with E-state index in [1.54, 1.807) is 0 Å². The molecule has 0 radical (unpaired) electrons. The number of likely N-dealkylation sites (N-methyl/N-ethyl adjacent to an activating group) is 1. The minimum absolute atomic E-state index is 0.00671. The summed E-state index contributed by atoms with van der Waals surface area (Å²) in [5, 5.41) is 3.46. The second-order valence-corrected chi connectivity index (χ2v) is 5.94. The zero-order valence-electron chi connectivity index (χ0n) is 11.4. The van der Waals surface area contributed by atoms with Crippen LogP contribution in [0.2, 0.25) is 0 Å². The van der Waals surface area contributed by atoms with Crippen molar-refractivity contribution in [2.75, 3.05) is 39.8 Å². The van der Waals surface area contributed by atoms with Gasteiger partial charge in [0.25, 0.3) is 0 Å². The maximum Gasteiger partial charge on any atom is 0.0600 e. The normalized spacial score (nSPS) is 22.7. The fraction of sp³-hybridized carbons (Fsp3) is 1.00. The molecular formula is C13H28N2O. The zero-order valence-corrected chi connectivity index (χ0v) is 11.4. The summed E-state index contributed by atoms with van der Waals surface area (Å²) in [6.07, 6.45) is 2.70. The van der Waals surface area contributed by atoms with Crippen LogP contribution in [-0.4, -0.2) is 50.3 Å². The smallest absolute Gasteiger partial charge is 0.0600 e. The first-order valence-electron chi connectivity index (χ1n) is 6.50. The number of ether oxygens (including phenoxy) is 1. The molecule has 1 heterocycles. The number of piperidine rings is 1. The molecule has 0 aromatic heterocycles. The predicted molar refractivity (Wildman–Crippen MR) is 68.8 cm³/mol. The Morgan fingerprint density at radius 3 is 2.69 bits per heavy atom. The number of hydrogen-bond acceptors (Lipinski definition) is 3. The van der Waals surface area contributed by atoms with Crippen LogP contribution in [0.1, 0.15) is 33.6 Å². The molecule has 1 N–H and O–H groups in total. The third kappa shape index (κ3) is 6.46. The average Bonchev–Trinajstić information content (AvgIpc) is 2.17. The summed E-state index contributed by atoms with van der Waals surface area (Å²) in [4.78, 5) is 2.39. The van der Waals surface area contributed by atoms with Crippen LogP contribution < -0.4 is 5.32 Å². The molecule has 1 aliphatic heterocycles. The first kappa shape index (κ1) is 13.9. The van der Waals surface area contributed by atoms with Gasteiger partial charge in [0.05, 0.1) is 12.2 Å². The van der Waals surface area contributed by atoms with E-state index in [9.17, 15) is 0 Å².